The van der Waals surface area contributed by atoms with Crippen molar-refractivity contribution in [3.05, 3.63) is 113 Å². The highest BCUT2D eigenvalue weighted by atomic mass is 32.1. The molecule has 0 radical (unpaired) electrons. The van der Waals surface area contributed by atoms with Crippen molar-refractivity contribution >= 4 is 35.0 Å². The molecule has 1 unspecified atom stereocenters. The molecule has 3 heterocycles. The third kappa shape index (κ3) is 10.9. The van der Waals surface area contributed by atoms with E-state index in [1.54, 1.807) is 30.2 Å². The van der Waals surface area contributed by atoms with E-state index in [4.69, 9.17) is 4.98 Å². The minimum Gasteiger partial charge on any atom is -0.351 e. The minimum absolute atomic E-state index is 0.0880. The van der Waals surface area contributed by atoms with Gasteiger partial charge in [-0.25, -0.2) is 4.98 Å². The van der Waals surface area contributed by atoms with Crippen LogP contribution in [0.5, 0.6) is 0 Å². The second-order valence-electron chi connectivity index (χ2n) is 17.7. The lowest BCUT2D eigenvalue weighted by atomic mass is 9.78. The Balaban J connectivity index is 1.16. The van der Waals surface area contributed by atoms with Gasteiger partial charge in [-0.3, -0.25) is 19.2 Å². The van der Waals surface area contributed by atoms with E-state index in [0.29, 0.717) is 31.5 Å². The second kappa shape index (κ2) is 20.1. The molecule has 0 aliphatic carbocycles. The number of thiazole rings is 1. The molecule has 5 atom stereocenters. The van der Waals surface area contributed by atoms with Gasteiger partial charge in [0.05, 0.1) is 17.8 Å². The maximum atomic E-state index is 14.6. The van der Waals surface area contributed by atoms with E-state index in [0.717, 1.165) is 60.7 Å². The Morgan fingerprint density at radius 2 is 1.53 bits per heavy atom. The highest BCUT2D eigenvalue weighted by Gasteiger charge is 2.46. The largest absolute Gasteiger partial charge is 0.351 e. The first kappa shape index (κ1) is 44.6. The maximum Gasteiger partial charge on any atom is 0.251 e. The number of nitrogens with zero attached hydrogens (tertiary/aromatic N) is 3. The zero-order valence-electron chi connectivity index (χ0n) is 36.1. The summed E-state index contributed by atoms with van der Waals surface area (Å²) in [6, 6.07) is 27.4. The third-order valence-corrected chi connectivity index (χ3v) is 13.5. The van der Waals surface area contributed by atoms with Crippen LogP contribution in [0.25, 0.3) is 11.3 Å². The Morgan fingerprint density at radius 3 is 2.15 bits per heavy atom. The molecule has 6 rings (SSSR count). The Kier molecular flexibility index (Phi) is 15.0. The fourth-order valence-electron chi connectivity index (χ4n) is 8.45. The van der Waals surface area contributed by atoms with Gasteiger partial charge in [-0.1, -0.05) is 107 Å². The number of likely N-dealkylation sites (tertiary alicyclic amines) is 2. The normalized spacial score (nSPS) is 19.5. The number of benzene rings is 3. The van der Waals surface area contributed by atoms with Gasteiger partial charge in [-0.05, 0) is 94.7 Å². The monoisotopic (exact) mass is 833 g/mol. The molecule has 1 aromatic heterocycles. The third-order valence-electron chi connectivity index (χ3n) is 12.4. The van der Waals surface area contributed by atoms with Gasteiger partial charge in [0.1, 0.15) is 17.1 Å². The summed E-state index contributed by atoms with van der Waals surface area (Å²) in [5, 5.41) is 15.7. The first-order valence-electron chi connectivity index (χ1n) is 21.5. The number of rotatable bonds is 16. The van der Waals surface area contributed by atoms with Crippen LogP contribution in [-0.2, 0) is 19.8 Å². The van der Waals surface area contributed by atoms with Gasteiger partial charge >= 0.3 is 0 Å². The van der Waals surface area contributed by atoms with E-state index in [1.165, 1.54) is 0 Å². The fraction of sp³-hybridized carbons (Fsp3) is 0.479. The van der Waals surface area contributed by atoms with Crippen LogP contribution in [0.2, 0.25) is 0 Å². The molecule has 2 saturated heterocycles. The molecule has 0 saturated carbocycles. The van der Waals surface area contributed by atoms with E-state index >= 15 is 0 Å². The number of likely N-dealkylation sites (N-methyl/N-ethyl adjacent to an activating group) is 1. The molecule has 3 aromatic carbocycles. The maximum absolute atomic E-state index is 14.6. The molecule has 0 bridgehead atoms. The van der Waals surface area contributed by atoms with Crippen LogP contribution < -0.4 is 21.3 Å². The van der Waals surface area contributed by atoms with Crippen molar-refractivity contribution < 1.29 is 19.2 Å². The summed E-state index contributed by atoms with van der Waals surface area (Å²) < 4.78 is 0. The summed E-state index contributed by atoms with van der Waals surface area (Å²) in [6.07, 6.45) is 3.74. The smallest absolute Gasteiger partial charge is 0.251 e. The van der Waals surface area contributed by atoms with Crippen LogP contribution in [0.4, 0.5) is 0 Å². The van der Waals surface area contributed by atoms with Crippen molar-refractivity contribution in [2.75, 3.05) is 39.8 Å². The summed E-state index contributed by atoms with van der Waals surface area (Å²) >= 11 is 1.67. The number of hydrogen-bond donors (Lipinski definition) is 4. The molecular weight excluding hydrogens is 771 g/mol. The van der Waals surface area contributed by atoms with Gasteiger partial charge in [-0.2, -0.15) is 0 Å². The molecule has 60 heavy (non-hydrogen) atoms. The van der Waals surface area contributed by atoms with Crippen molar-refractivity contribution in [2.24, 2.45) is 11.3 Å². The number of aromatic nitrogens is 1. The summed E-state index contributed by atoms with van der Waals surface area (Å²) in [6.45, 7) is 13.1. The lowest BCUT2D eigenvalue weighted by molar-refractivity contribution is -0.144. The molecule has 4 amide bonds. The average Bonchev–Trinajstić information content (AvgIpc) is 3.95. The van der Waals surface area contributed by atoms with Crippen LogP contribution in [0.3, 0.4) is 0 Å². The van der Waals surface area contributed by atoms with E-state index in [9.17, 15) is 19.2 Å². The topological polar surface area (TPSA) is 136 Å². The van der Waals surface area contributed by atoms with Gasteiger partial charge < -0.3 is 31.1 Å². The number of hydrogen-bond acceptors (Lipinski definition) is 8. The Bertz CT molecular complexity index is 2030. The molecule has 4 aromatic rings. The van der Waals surface area contributed by atoms with Gasteiger partial charge in [0.25, 0.3) is 5.91 Å². The van der Waals surface area contributed by atoms with Gasteiger partial charge in [-0.15, -0.1) is 11.3 Å². The molecule has 2 fully saturated rings. The molecule has 12 heteroatoms. The van der Waals surface area contributed by atoms with Crippen molar-refractivity contribution in [2.45, 2.75) is 96.3 Å². The van der Waals surface area contributed by atoms with Crippen LogP contribution in [-0.4, -0.2) is 96.3 Å². The van der Waals surface area contributed by atoms with Crippen molar-refractivity contribution in [1.29, 1.82) is 0 Å². The quantitative estimate of drug-likeness (QED) is 0.100. The number of carbonyl (C=O) groups is 4. The SMILES string of the molecule is CC[C@@H](NC(=O)[C@@H]1C[C@H](CCN2CCC(CNC(=O)c3ccccc3)(c3nc(-c4ccccc4)cs3)CC2)CN1C(=O)C(NC(=O)[C@H](C)NC)C(C)(C)C)c1ccccc1. The van der Waals surface area contributed by atoms with E-state index in [2.05, 4.69) is 43.7 Å². The minimum atomic E-state index is -0.809. The molecule has 2 aliphatic rings. The molecule has 320 valence electrons. The van der Waals surface area contributed by atoms with E-state index in [1.807, 2.05) is 107 Å². The standard InChI is InChI=1S/C48H63N7O4S/c1-7-38(35-17-11-8-12-18-35)51-44(58)40-29-34(30-55(40)45(59)41(47(3,4)5)53-42(56)33(2)49-6)23-26-54-27-24-48(25-28-54,32-50-43(57)37-21-15-10-16-22-37)46-52-39(31-60-46)36-19-13-9-14-20-36/h8-22,31,33-34,38,40-41,49H,7,23-30,32H2,1-6H3,(H,50,57)(H,51,58)(H,53,56)/t33-,34-,38+,40-,41?/m0/s1. The van der Waals surface area contributed by atoms with Crippen molar-refractivity contribution in [3.63, 3.8) is 0 Å². The zero-order chi connectivity index (χ0) is 42.9. The summed E-state index contributed by atoms with van der Waals surface area (Å²) in [7, 11) is 1.72. The van der Waals surface area contributed by atoms with Crippen LogP contribution in [0, 0.1) is 11.3 Å². The van der Waals surface area contributed by atoms with E-state index in [-0.39, 0.29) is 41.0 Å². The highest BCUT2D eigenvalue weighted by molar-refractivity contribution is 7.10. The molecule has 2 aliphatic heterocycles. The predicted molar refractivity (Wildman–Crippen MR) is 239 cm³/mol. The number of amides is 4. The average molecular weight is 834 g/mol. The number of nitrogens with one attached hydrogen (secondary N) is 4. The first-order valence-corrected chi connectivity index (χ1v) is 22.4. The van der Waals surface area contributed by atoms with Gasteiger partial charge in [0, 0.05) is 35.0 Å². The number of carbonyl (C=O) groups excluding carboxylic acids is 4. The number of piperidine rings is 1. The zero-order valence-corrected chi connectivity index (χ0v) is 36.9. The fourth-order valence-corrected chi connectivity index (χ4v) is 9.54. The summed E-state index contributed by atoms with van der Waals surface area (Å²) in [4.78, 5) is 64.6. The van der Waals surface area contributed by atoms with E-state index < -0.39 is 23.5 Å². The van der Waals surface area contributed by atoms with Crippen LogP contribution in [0.15, 0.2) is 96.4 Å². The lowest BCUT2D eigenvalue weighted by Crippen LogP contribution is -2.59. The Hall–Kier alpha value is -4.91. The molecular formula is C48H63N7O4S. The highest BCUT2D eigenvalue weighted by Crippen LogP contribution is 2.39. The molecule has 0 spiro atoms. The Morgan fingerprint density at radius 1 is 0.900 bits per heavy atom. The summed E-state index contributed by atoms with van der Waals surface area (Å²) in [5.41, 5.74) is 2.78. The van der Waals surface area contributed by atoms with Gasteiger partial charge in [0.2, 0.25) is 17.7 Å². The summed E-state index contributed by atoms with van der Waals surface area (Å²) in [5.74, 6) is -0.642. The van der Waals surface area contributed by atoms with Crippen LogP contribution in [0.1, 0.15) is 93.7 Å². The van der Waals surface area contributed by atoms with Crippen molar-refractivity contribution in [1.82, 2.24) is 36.1 Å². The molecule has 11 nitrogen and oxygen atoms in total. The Labute approximate surface area is 360 Å². The van der Waals surface area contributed by atoms with Crippen molar-refractivity contribution in [3.8, 4) is 11.3 Å². The molecule has 4 N–H and O–H groups in total. The van der Waals surface area contributed by atoms with Gasteiger partial charge in [0.15, 0.2) is 0 Å². The van der Waals surface area contributed by atoms with Crippen LogP contribution >= 0.6 is 11.3 Å². The second-order valence-corrected chi connectivity index (χ2v) is 18.5. The first-order chi connectivity index (χ1) is 28.8. The predicted octanol–water partition coefficient (Wildman–Crippen LogP) is 6.59. The lowest BCUT2D eigenvalue weighted by Gasteiger charge is -2.41.